The van der Waals surface area contributed by atoms with Crippen LogP contribution in [0.2, 0.25) is 0 Å². The van der Waals surface area contributed by atoms with Crippen LogP contribution < -0.4 is 4.74 Å². The van der Waals surface area contributed by atoms with E-state index in [1.54, 1.807) is 36.6 Å². The zero-order valence-corrected chi connectivity index (χ0v) is 17.8. The lowest BCUT2D eigenvalue weighted by molar-refractivity contribution is 0.398. The van der Waals surface area contributed by atoms with E-state index in [-0.39, 0.29) is 16.7 Å². The number of benzene rings is 2. The zero-order chi connectivity index (χ0) is 21.2. The van der Waals surface area contributed by atoms with Crippen LogP contribution in [0.4, 0.5) is 4.39 Å². The molecule has 2 aromatic carbocycles. The molecule has 0 bridgehead atoms. The first kappa shape index (κ1) is 21.3. The molecule has 1 unspecified atom stereocenters. The van der Waals surface area contributed by atoms with Gasteiger partial charge in [-0.2, -0.15) is 4.98 Å². The van der Waals surface area contributed by atoms with Crippen molar-refractivity contribution in [3.8, 4) is 11.8 Å². The maximum absolute atomic E-state index is 13.1. The van der Waals surface area contributed by atoms with Crippen molar-refractivity contribution in [3.05, 3.63) is 71.8 Å². The second kappa shape index (κ2) is 8.52. The van der Waals surface area contributed by atoms with Gasteiger partial charge in [-0.3, -0.25) is 4.57 Å². The van der Waals surface area contributed by atoms with Gasteiger partial charge in [-0.05, 0) is 68.9 Å². The van der Waals surface area contributed by atoms with Gasteiger partial charge in [0.2, 0.25) is 0 Å². The molecular weight excluding hydrogens is 417 g/mol. The summed E-state index contributed by atoms with van der Waals surface area (Å²) in [4.78, 5) is 4.53. The molecule has 9 heteroatoms. The Bertz CT molecular complexity index is 1090. The normalized spacial score (nSPS) is 12.9. The van der Waals surface area contributed by atoms with Gasteiger partial charge in [0.15, 0.2) is 0 Å². The first-order valence-corrected chi connectivity index (χ1v) is 10.8. The average Bonchev–Trinajstić information content (AvgIpc) is 3.03. The molecular formula is C20H21ClFN3O3S. The van der Waals surface area contributed by atoms with E-state index in [2.05, 4.69) is 4.98 Å². The van der Waals surface area contributed by atoms with Crippen molar-refractivity contribution in [2.45, 2.75) is 38.3 Å². The number of aryl methyl sites for hydroxylation is 1. The predicted octanol–water partition coefficient (Wildman–Crippen LogP) is 5.05. The molecule has 0 radical (unpaired) electrons. The summed E-state index contributed by atoms with van der Waals surface area (Å²) in [5, 5.41) is 0. The highest BCUT2D eigenvalue weighted by Crippen LogP contribution is 2.34. The van der Waals surface area contributed by atoms with E-state index in [1.807, 2.05) is 6.92 Å². The fourth-order valence-corrected chi connectivity index (χ4v) is 4.63. The Balaban J connectivity index is 1.95. The van der Waals surface area contributed by atoms with E-state index < -0.39 is 16.1 Å². The summed E-state index contributed by atoms with van der Waals surface area (Å²) in [6.45, 7) is 5.81. The van der Waals surface area contributed by atoms with E-state index in [0.717, 1.165) is 3.82 Å². The largest absolute Gasteiger partial charge is 0.426 e. The summed E-state index contributed by atoms with van der Waals surface area (Å²) >= 11 is 6.30. The Kier molecular flexibility index (Phi) is 6.26. The van der Waals surface area contributed by atoms with Crippen molar-refractivity contribution < 1.29 is 17.5 Å². The quantitative estimate of drug-likeness (QED) is 0.485. The van der Waals surface area contributed by atoms with Gasteiger partial charge in [-0.15, -0.1) is 3.82 Å². The van der Waals surface area contributed by atoms with Crippen LogP contribution in [-0.2, 0) is 16.6 Å². The molecule has 29 heavy (non-hydrogen) atoms. The highest BCUT2D eigenvalue weighted by atomic mass is 35.5. The molecule has 6 nitrogen and oxygen atoms in total. The van der Waals surface area contributed by atoms with Crippen molar-refractivity contribution in [1.29, 1.82) is 0 Å². The van der Waals surface area contributed by atoms with E-state index in [4.69, 9.17) is 16.5 Å². The topological polar surface area (TPSA) is 64.4 Å². The lowest BCUT2D eigenvalue weighted by Crippen LogP contribution is -2.27. The van der Waals surface area contributed by atoms with Gasteiger partial charge >= 0.3 is 6.01 Å². The molecule has 0 fully saturated rings. The van der Waals surface area contributed by atoms with Gasteiger partial charge in [-0.1, -0.05) is 18.2 Å². The van der Waals surface area contributed by atoms with E-state index in [9.17, 15) is 12.8 Å². The van der Waals surface area contributed by atoms with Crippen molar-refractivity contribution in [2.24, 2.45) is 0 Å². The maximum atomic E-state index is 13.1. The number of sulfonamides is 1. The Labute approximate surface area is 174 Å². The summed E-state index contributed by atoms with van der Waals surface area (Å²) in [5.41, 5.74) is 1.20. The number of rotatable bonds is 7. The lowest BCUT2D eigenvalue weighted by Gasteiger charge is -2.23. The van der Waals surface area contributed by atoms with Gasteiger partial charge in [0.25, 0.3) is 10.0 Å². The zero-order valence-electron chi connectivity index (χ0n) is 16.2. The maximum Gasteiger partial charge on any atom is 0.302 e. The second-order valence-corrected chi connectivity index (χ2v) is 8.78. The molecule has 0 amide bonds. The highest BCUT2D eigenvalue weighted by Gasteiger charge is 2.32. The number of nitrogens with zero attached hydrogens (tertiary/aromatic N) is 3. The van der Waals surface area contributed by atoms with Crippen LogP contribution in [0.1, 0.15) is 31.3 Å². The number of ether oxygens (including phenoxy) is 1. The summed E-state index contributed by atoms with van der Waals surface area (Å²) in [6.07, 6.45) is 0. The summed E-state index contributed by atoms with van der Waals surface area (Å²) in [7, 11) is -3.91. The standard InChI is InChI=1S/C20H21ClFN3O3S/c1-4-24-19(14(2)23-20(24)28-17-12-10-16(22)11-13-17)15(3)25(21)29(26,27)18-8-6-5-7-9-18/h5-13,15H,4H2,1-3H3. The van der Waals surface area contributed by atoms with Crippen molar-refractivity contribution in [3.63, 3.8) is 0 Å². The Hall–Kier alpha value is -2.42. The molecule has 0 N–H and O–H groups in total. The minimum Gasteiger partial charge on any atom is -0.426 e. The van der Waals surface area contributed by atoms with Gasteiger partial charge in [-0.25, -0.2) is 12.8 Å². The van der Waals surface area contributed by atoms with Crippen LogP contribution in [0.3, 0.4) is 0 Å². The number of aromatic nitrogens is 2. The van der Waals surface area contributed by atoms with Crippen LogP contribution in [0, 0.1) is 12.7 Å². The average molecular weight is 438 g/mol. The van der Waals surface area contributed by atoms with Crippen LogP contribution in [0.15, 0.2) is 59.5 Å². The van der Waals surface area contributed by atoms with Crippen molar-refractivity contribution in [2.75, 3.05) is 0 Å². The minimum atomic E-state index is -3.91. The number of halogens is 2. The van der Waals surface area contributed by atoms with E-state index in [0.29, 0.717) is 23.7 Å². The Morgan fingerprint density at radius 2 is 1.79 bits per heavy atom. The van der Waals surface area contributed by atoms with Crippen LogP contribution in [0.25, 0.3) is 0 Å². The molecule has 0 aliphatic rings. The molecule has 0 saturated heterocycles. The van der Waals surface area contributed by atoms with Crippen LogP contribution >= 0.6 is 11.8 Å². The number of hydrogen-bond donors (Lipinski definition) is 0. The molecule has 0 saturated carbocycles. The van der Waals surface area contributed by atoms with Gasteiger partial charge in [0, 0.05) is 6.54 Å². The van der Waals surface area contributed by atoms with Crippen molar-refractivity contribution in [1.82, 2.24) is 13.4 Å². The monoisotopic (exact) mass is 437 g/mol. The van der Waals surface area contributed by atoms with Gasteiger partial charge < -0.3 is 4.74 Å². The van der Waals surface area contributed by atoms with E-state index >= 15 is 0 Å². The van der Waals surface area contributed by atoms with Crippen molar-refractivity contribution >= 4 is 21.8 Å². The Morgan fingerprint density at radius 3 is 2.38 bits per heavy atom. The molecule has 3 rings (SSSR count). The van der Waals surface area contributed by atoms with E-state index in [1.165, 1.54) is 36.4 Å². The lowest BCUT2D eigenvalue weighted by atomic mass is 10.2. The second-order valence-electron chi connectivity index (χ2n) is 6.40. The molecule has 1 atom stereocenters. The van der Waals surface area contributed by atoms with Gasteiger partial charge in [0.05, 0.1) is 22.3 Å². The minimum absolute atomic E-state index is 0.102. The fourth-order valence-electron chi connectivity index (χ4n) is 3.08. The third-order valence-corrected chi connectivity index (χ3v) is 6.95. The molecule has 1 aromatic heterocycles. The summed E-state index contributed by atoms with van der Waals surface area (Å²) < 4.78 is 47.2. The van der Waals surface area contributed by atoms with Gasteiger partial charge in [0.1, 0.15) is 11.6 Å². The molecule has 0 aliphatic carbocycles. The van der Waals surface area contributed by atoms with Crippen LogP contribution in [-0.4, -0.2) is 21.8 Å². The fraction of sp³-hybridized carbons (Fsp3) is 0.250. The predicted molar refractivity (Wildman–Crippen MR) is 109 cm³/mol. The number of hydrogen-bond acceptors (Lipinski definition) is 4. The first-order valence-electron chi connectivity index (χ1n) is 9.01. The highest BCUT2D eigenvalue weighted by molar-refractivity contribution is 7.90. The SMILES string of the molecule is CCn1c(Oc2ccc(F)cc2)nc(C)c1C(C)N(Cl)S(=O)(=O)c1ccccc1. The number of imidazole rings is 1. The summed E-state index contributed by atoms with van der Waals surface area (Å²) in [6, 6.07) is 13.1. The van der Waals surface area contributed by atoms with Crippen LogP contribution in [0.5, 0.6) is 11.8 Å². The molecule has 1 heterocycles. The molecule has 154 valence electrons. The third-order valence-electron chi connectivity index (χ3n) is 4.47. The Morgan fingerprint density at radius 1 is 1.17 bits per heavy atom. The molecule has 3 aromatic rings. The first-order chi connectivity index (χ1) is 13.8. The smallest absolute Gasteiger partial charge is 0.302 e. The summed E-state index contributed by atoms with van der Waals surface area (Å²) in [5.74, 6) is 0.0514. The third kappa shape index (κ3) is 4.29. The molecule has 0 aliphatic heterocycles. The molecule has 0 spiro atoms.